The molecule has 3 heterocycles. The molecule has 0 saturated heterocycles. The zero-order valence-corrected chi connectivity index (χ0v) is 16.5. The van der Waals surface area contributed by atoms with Crippen molar-refractivity contribution in [1.29, 1.82) is 0 Å². The van der Waals surface area contributed by atoms with Crippen LogP contribution in [0.5, 0.6) is 0 Å². The average Bonchev–Trinajstić information content (AvgIpc) is 3.20. The summed E-state index contributed by atoms with van der Waals surface area (Å²) in [5, 5.41) is 0.961. The van der Waals surface area contributed by atoms with E-state index in [2.05, 4.69) is 43.9 Å². The summed E-state index contributed by atoms with van der Waals surface area (Å²) in [6.45, 7) is 0. The molecule has 0 amide bonds. The molecule has 2 aliphatic carbocycles. The highest BCUT2D eigenvalue weighted by molar-refractivity contribution is 5.92. The van der Waals surface area contributed by atoms with Gasteiger partial charge in [-0.15, -0.1) is 0 Å². The smallest absolute Gasteiger partial charge is 0.145 e. The van der Waals surface area contributed by atoms with Crippen LogP contribution in [0, 0.1) is 11.8 Å². The standard InChI is InChI=1S/C23H26N6/c24-21-17-7-8-29(23(17)27-12-26-21)15-5-3-13(9-15)1-2-14-4-6-16-18-11-19(18)22(25)28-20(16)10-14/h4,6-8,10,12-13,15,18-19H,1-3,5,9,11H2,(H2,25,28)(H2,24,26,27). The maximum atomic E-state index is 6.10. The quantitative estimate of drug-likeness (QED) is 0.706. The van der Waals surface area contributed by atoms with Gasteiger partial charge in [-0.1, -0.05) is 12.1 Å². The highest BCUT2D eigenvalue weighted by Crippen LogP contribution is 2.53. The van der Waals surface area contributed by atoms with Gasteiger partial charge in [0.1, 0.15) is 23.6 Å². The molecule has 2 fully saturated rings. The predicted octanol–water partition coefficient (Wildman–Crippen LogP) is 4.09. The van der Waals surface area contributed by atoms with Gasteiger partial charge in [0.25, 0.3) is 0 Å². The van der Waals surface area contributed by atoms with Crippen LogP contribution in [0.25, 0.3) is 11.0 Å². The monoisotopic (exact) mass is 386 g/mol. The largest absolute Gasteiger partial charge is 0.387 e. The Labute approximate surface area is 170 Å². The van der Waals surface area contributed by atoms with Crippen LogP contribution in [-0.2, 0) is 6.42 Å². The zero-order valence-electron chi connectivity index (χ0n) is 16.5. The van der Waals surface area contributed by atoms with Crippen molar-refractivity contribution in [3.05, 3.63) is 47.9 Å². The lowest BCUT2D eigenvalue weighted by Gasteiger charge is -2.16. The molecule has 6 heteroatoms. The molecule has 0 spiro atoms. The molecule has 0 radical (unpaired) electrons. The molecule has 0 bridgehead atoms. The molecule has 2 aromatic heterocycles. The van der Waals surface area contributed by atoms with Gasteiger partial charge in [0.15, 0.2) is 0 Å². The Bertz CT molecular complexity index is 1130. The number of nitrogen functional groups attached to an aromatic ring is 1. The molecule has 29 heavy (non-hydrogen) atoms. The number of fused-ring (bicyclic) bond motifs is 4. The first-order valence-corrected chi connectivity index (χ1v) is 10.7. The van der Waals surface area contributed by atoms with Crippen molar-refractivity contribution in [2.75, 3.05) is 5.73 Å². The van der Waals surface area contributed by atoms with Crippen molar-refractivity contribution in [2.24, 2.45) is 22.6 Å². The van der Waals surface area contributed by atoms with Gasteiger partial charge in [-0.2, -0.15) is 0 Å². The summed E-state index contributed by atoms with van der Waals surface area (Å²) in [4.78, 5) is 13.2. The van der Waals surface area contributed by atoms with Gasteiger partial charge in [0.2, 0.25) is 0 Å². The summed E-state index contributed by atoms with van der Waals surface area (Å²) in [6, 6.07) is 9.41. The zero-order chi connectivity index (χ0) is 19.5. The van der Waals surface area contributed by atoms with E-state index in [0.29, 0.717) is 23.7 Å². The number of nitrogens with zero attached hydrogens (tertiary/aromatic N) is 4. The first-order chi connectivity index (χ1) is 14.2. The van der Waals surface area contributed by atoms with Crippen LogP contribution in [-0.4, -0.2) is 20.4 Å². The minimum atomic E-state index is 0.506. The van der Waals surface area contributed by atoms with E-state index in [1.54, 1.807) is 6.33 Å². The molecular formula is C23H26N6. The molecule has 6 rings (SSSR count). The fourth-order valence-corrected chi connectivity index (χ4v) is 5.46. The van der Waals surface area contributed by atoms with Crippen LogP contribution in [0.2, 0.25) is 0 Å². The molecule has 148 valence electrons. The van der Waals surface area contributed by atoms with E-state index in [1.165, 1.54) is 43.2 Å². The number of amidine groups is 1. The van der Waals surface area contributed by atoms with Crippen LogP contribution < -0.4 is 11.5 Å². The normalized spacial score (nSPS) is 27.5. The Morgan fingerprint density at radius 1 is 1.03 bits per heavy atom. The SMILES string of the molecule is NC1=Nc2cc(CCC3CCC(n4ccc5c(N)ncnc54)C3)ccc2C2CC12. The van der Waals surface area contributed by atoms with Gasteiger partial charge < -0.3 is 16.0 Å². The average molecular weight is 387 g/mol. The molecule has 4 N–H and O–H groups in total. The molecular weight excluding hydrogens is 360 g/mol. The molecule has 6 nitrogen and oxygen atoms in total. The second-order valence-electron chi connectivity index (χ2n) is 8.97. The third-order valence-corrected chi connectivity index (χ3v) is 7.20. The van der Waals surface area contributed by atoms with Crippen molar-refractivity contribution >= 4 is 28.4 Å². The first-order valence-electron chi connectivity index (χ1n) is 10.7. The van der Waals surface area contributed by atoms with E-state index in [1.807, 2.05) is 6.07 Å². The minimum Gasteiger partial charge on any atom is -0.387 e. The van der Waals surface area contributed by atoms with Gasteiger partial charge in [-0.25, -0.2) is 15.0 Å². The highest BCUT2D eigenvalue weighted by Gasteiger charge is 2.45. The molecule has 3 aliphatic rings. The molecule has 1 aromatic carbocycles. The first kappa shape index (κ1) is 17.0. The number of aliphatic imine (C=N–C) groups is 1. The van der Waals surface area contributed by atoms with Crippen molar-refractivity contribution in [3.8, 4) is 0 Å². The maximum absolute atomic E-state index is 6.10. The Morgan fingerprint density at radius 3 is 2.90 bits per heavy atom. The predicted molar refractivity (Wildman–Crippen MR) is 115 cm³/mol. The number of rotatable bonds is 4. The van der Waals surface area contributed by atoms with Gasteiger partial charge in [-0.3, -0.25) is 0 Å². The van der Waals surface area contributed by atoms with Crippen molar-refractivity contribution in [2.45, 2.75) is 50.5 Å². The van der Waals surface area contributed by atoms with Crippen LogP contribution in [0.4, 0.5) is 11.5 Å². The van der Waals surface area contributed by atoms with Crippen molar-refractivity contribution in [1.82, 2.24) is 14.5 Å². The fourth-order valence-electron chi connectivity index (χ4n) is 5.46. The molecule has 4 atom stereocenters. The number of aromatic nitrogens is 3. The minimum absolute atomic E-state index is 0.506. The summed E-state index contributed by atoms with van der Waals surface area (Å²) < 4.78 is 2.30. The molecule has 4 unspecified atom stereocenters. The van der Waals surface area contributed by atoms with Gasteiger partial charge in [0, 0.05) is 18.2 Å². The summed E-state index contributed by atoms with van der Waals surface area (Å²) >= 11 is 0. The van der Waals surface area contributed by atoms with Crippen molar-refractivity contribution < 1.29 is 0 Å². The van der Waals surface area contributed by atoms with Crippen molar-refractivity contribution in [3.63, 3.8) is 0 Å². The van der Waals surface area contributed by atoms with E-state index in [4.69, 9.17) is 11.5 Å². The number of hydrogen-bond donors (Lipinski definition) is 2. The number of benzene rings is 1. The summed E-state index contributed by atoms with van der Waals surface area (Å²) in [5.41, 5.74) is 17.0. The Balaban J connectivity index is 1.13. The van der Waals surface area contributed by atoms with E-state index >= 15 is 0 Å². The fraction of sp³-hybridized carbons (Fsp3) is 0.435. The van der Waals surface area contributed by atoms with Crippen LogP contribution >= 0.6 is 0 Å². The summed E-state index contributed by atoms with van der Waals surface area (Å²) in [7, 11) is 0. The Kier molecular flexibility index (Phi) is 3.70. The lowest BCUT2D eigenvalue weighted by molar-refractivity contribution is 0.461. The lowest BCUT2D eigenvalue weighted by Crippen LogP contribution is -2.17. The summed E-state index contributed by atoms with van der Waals surface area (Å²) in [6.07, 6.45) is 10.9. The number of aryl methyl sites for hydroxylation is 1. The topological polar surface area (TPSA) is 95.1 Å². The van der Waals surface area contributed by atoms with Gasteiger partial charge in [0.05, 0.1) is 11.1 Å². The van der Waals surface area contributed by atoms with E-state index in [-0.39, 0.29) is 0 Å². The van der Waals surface area contributed by atoms with Crippen LogP contribution in [0.1, 0.15) is 55.2 Å². The second-order valence-corrected chi connectivity index (χ2v) is 8.97. The second kappa shape index (κ2) is 6.31. The third kappa shape index (κ3) is 2.81. The Morgan fingerprint density at radius 2 is 1.97 bits per heavy atom. The van der Waals surface area contributed by atoms with E-state index < -0.39 is 0 Å². The number of nitrogens with two attached hydrogens (primary N) is 2. The van der Waals surface area contributed by atoms with E-state index in [9.17, 15) is 0 Å². The Hall–Kier alpha value is -2.89. The van der Waals surface area contributed by atoms with Crippen LogP contribution in [0.3, 0.4) is 0 Å². The molecule has 2 saturated carbocycles. The summed E-state index contributed by atoms with van der Waals surface area (Å²) in [5.74, 6) is 3.28. The highest BCUT2D eigenvalue weighted by atomic mass is 15.1. The van der Waals surface area contributed by atoms with Crippen LogP contribution in [0.15, 0.2) is 41.8 Å². The van der Waals surface area contributed by atoms with E-state index in [0.717, 1.165) is 34.9 Å². The number of anilines is 1. The molecule has 1 aliphatic heterocycles. The van der Waals surface area contributed by atoms with Gasteiger partial charge in [-0.05, 0) is 73.6 Å². The maximum Gasteiger partial charge on any atom is 0.145 e. The third-order valence-electron chi connectivity index (χ3n) is 7.20. The number of hydrogen-bond acceptors (Lipinski definition) is 5. The lowest BCUT2D eigenvalue weighted by atomic mass is 9.95. The van der Waals surface area contributed by atoms with Gasteiger partial charge >= 0.3 is 0 Å². The molecule has 3 aromatic rings.